The van der Waals surface area contributed by atoms with Crippen LogP contribution in [0, 0.1) is 0 Å². The van der Waals surface area contributed by atoms with E-state index in [0.29, 0.717) is 0 Å². The van der Waals surface area contributed by atoms with Gasteiger partial charge in [0.2, 0.25) is 0 Å². The van der Waals surface area contributed by atoms with Crippen LogP contribution in [0.5, 0.6) is 0 Å². The molecule has 0 aliphatic heterocycles. The highest BCUT2D eigenvalue weighted by molar-refractivity contribution is 5.56. The third-order valence-electron chi connectivity index (χ3n) is 2.13. The zero-order valence-electron chi connectivity index (χ0n) is 8.88. The molecule has 0 radical (unpaired) electrons. The van der Waals surface area contributed by atoms with Gasteiger partial charge in [-0.25, -0.2) is 9.97 Å². The Morgan fingerprint density at radius 2 is 1.73 bits per heavy atom. The van der Waals surface area contributed by atoms with Crippen LogP contribution in [-0.2, 0) is 0 Å². The van der Waals surface area contributed by atoms with Crippen molar-refractivity contribution in [3.05, 3.63) is 42.6 Å². The summed E-state index contributed by atoms with van der Waals surface area (Å²) in [5.74, 6) is 1.69. The predicted octanol–water partition coefficient (Wildman–Crippen LogP) is 2.21. The van der Waals surface area contributed by atoms with Crippen molar-refractivity contribution in [2.45, 2.75) is 0 Å². The number of hydrogen-bond donors (Lipinski definition) is 0. The molecular formula is C12H13N3. The van der Waals surface area contributed by atoms with E-state index in [2.05, 4.69) is 9.97 Å². The molecule has 0 spiro atoms. The minimum Gasteiger partial charge on any atom is -0.363 e. The van der Waals surface area contributed by atoms with Gasteiger partial charge in [-0.3, -0.25) is 0 Å². The van der Waals surface area contributed by atoms with E-state index >= 15 is 0 Å². The van der Waals surface area contributed by atoms with Crippen LogP contribution in [-0.4, -0.2) is 24.1 Å². The Labute approximate surface area is 89.4 Å². The largest absolute Gasteiger partial charge is 0.363 e. The molecule has 15 heavy (non-hydrogen) atoms. The standard InChI is InChI=1S/C12H13N3/c1-15(2)11-8-9-13-12(14-11)10-6-4-3-5-7-10/h3-9H,1-2H3. The van der Waals surface area contributed by atoms with Crippen molar-refractivity contribution in [2.24, 2.45) is 0 Å². The Bertz CT molecular complexity index is 438. The summed E-state index contributed by atoms with van der Waals surface area (Å²) in [6, 6.07) is 11.9. The molecule has 1 heterocycles. The Morgan fingerprint density at radius 3 is 2.40 bits per heavy atom. The van der Waals surface area contributed by atoms with E-state index in [1.807, 2.05) is 55.4 Å². The van der Waals surface area contributed by atoms with Crippen molar-refractivity contribution >= 4 is 5.82 Å². The summed E-state index contributed by atoms with van der Waals surface area (Å²) >= 11 is 0. The lowest BCUT2D eigenvalue weighted by Gasteiger charge is -2.11. The van der Waals surface area contributed by atoms with Gasteiger partial charge in [0.15, 0.2) is 5.82 Å². The van der Waals surface area contributed by atoms with Crippen LogP contribution in [0.3, 0.4) is 0 Å². The molecule has 0 unspecified atom stereocenters. The molecule has 1 aromatic heterocycles. The molecule has 0 amide bonds. The van der Waals surface area contributed by atoms with Gasteiger partial charge in [0.1, 0.15) is 5.82 Å². The first-order valence-electron chi connectivity index (χ1n) is 4.83. The molecular weight excluding hydrogens is 186 g/mol. The Kier molecular flexibility index (Phi) is 2.63. The molecule has 0 fully saturated rings. The molecule has 2 aromatic rings. The Balaban J connectivity index is 2.42. The normalized spacial score (nSPS) is 10.0. The number of aromatic nitrogens is 2. The molecule has 3 nitrogen and oxygen atoms in total. The van der Waals surface area contributed by atoms with E-state index < -0.39 is 0 Å². The van der Waals surface area contributed by atoms with Crippen molar-refractivity contribution in [3.63, 3.8) is 0 Å². The van der Waals surface area contributed by atoms with E-state index in [1.165, 1.54) is 0 Å². The van der Waals surface area contributed by atoms with Crippen molar-refractivity contribution in [3.8, 4) is 11.4 Å². The molecule has 0 N–H and O–H groups in total. The predicted molar refractivity (Wildman–Crippen MR) is 61.8 cm³/mol. The van der Waals surface area contributed by atoms with Gasteiger partial charge in [-0.15, -0.1) is 0 Å². The van der Waals surface area contributed by atoms with Gasteiger partial charge in [0.25, 0.3) is 0 Å². The fourth-order valence-corrected chi connectivity index (χ4v) is 1.32. The molecule has 76 valence electrons. The third-order valence-corrected chi connectivity index (χ3v) is 2.13. The van der Waals surface area contributed by atoms with E-state index in [4.69, 9.17) is 0 Å². The van der Waals surface area contributed by atoms with E-state index in [9.17, 15) is 0 Å². The highest BCUT2D eigenvalue weighted by Gasteiger charge is 2.02. The van der Waals surface area contributed by atoms with Crippen LogP contribution in [0.25, 0.3) is 11.4 Å². The molecule has 0 aliphatic rings. The number of benzene rings is 1. The molecule has 2 rings (SSSR count). The van der Waals surface area contributed by atoms with Crippen molar-refractivity contribution in [1.82, 2.24) is 9.97 Å². The van der Waals surface area contributed by atoms with Gasteiger partial charge < -0.3 is 4.90 Å². The summed E-state index contributed by atoms with van der Waals surface area (Å²) in [5, 5.41) is 0. The molecule has 3 heteroatoms. The highest BCUT2D eigenvalue weighted by atomic mass is 15.1. The summed E-state index contributed by atoms with van der Waals surface area (Å²) in [7, 11) is 3.94. The number of nitrogens with zero attached hydrogens (tertiary/aromatic N) is 3. The van der Waals surface area contributed by atoms with Crippen LogP contribution in [0.4, 0.5) is 5.82 Å². The number of rotatable bonds is 2. The average molecular weight is 199 g/mol. The number of anilines is 1. The molecule has 0 saturated heterocycles. The fourth-order valence-electron chi connectivity index (χ4n) is 1.32. The molecule has 0 atom stereocenters. The van der Waals surface area contributed by atoms with Gasteiger partial charge in [-0.1, -0.05) is 30.3 Å². The summed E-state index contributed by atoms with van der Waals surface area (Å²) in [6.07, 6.45) is 1.78. The zero-order chi connectivity index (χ0) is 10.7. The number of hydrogen-bond acceptors (Lipinski definition) is 3. The molecule has 1 aromatic carbocycles. The summed E-state index contributed by atoms with van der Waals surface area (Å²) in [5.41, 5.74) is 1.04. The first-order valence-corrected chi connectivity index (χ1v) is 4.83. The second-order valence-corrected chi connectivity index (χ2v) is 3.50. The fraction of sp³-hybridized carbons (Fsp3) is 0.167. The van der Waals surface area contributed by atoms with Crippen LogP contribution in [0.15, 0.2) is 42.6 Å². The van der Waals surface area contributed by atoms with E-state index in [-0.39, 0.29) is 0 Å². The van der Waals surface area contributed by atoms with Crippen LogP contribution >= 0.6 is 0 Å². The van der Waals surface area contributed by atoms with E-state index in [0.717, 1.165) is 17.2 Å². The summed E-state index contributed by atoms with van der Waals surface area (Å²) < 4.78 is 0. The first-order chi connectivity index (χ1) is 7.27. The molecule has 0 aliphatic carbocycles. The minimum absolute atomic E-state index is 0.766. The maximum atomic E-state index is 4.46. The molecule has 0 bridgehead atoms. The third kappa shape index (κ3) is 2.13. The molecule has 0 saturated carbocycles. The lowest BCUT2D eigenvalue weighted by atomic mass is 10.2. The quantitative estimate of drug-likeness (QED) is 0.742. The average Bonchev–Trinajstić information content (AvgIpc) is 2.30. The van der Waals surface area contributed by atoms with Gasteiger partial charge in [0, 0.05) is 25.9 Å². The van der Waals surface area contributed by atoms with Gasteiger partial charge >= 0.3 is 0 Å². The Hall–Kier alpha value is -1.90. The SMILES string of the molecule is CN(C)c1ccnc(-c2ccccc2)n1. The van der Waals surface area contributed by atoms with Gasteiger partial charge in [-0.05, 0) is 6.07 Å². The minimum atomic E-state index is 0.766. The second-order valence-electron chi connectivity index (χ2n) is 3.50. The zero-order valence-corrected chi connectivity index (χ0v) is 8.88. The van der Waals surface area contributed by atoms with Gasteiger partial charge in [0.05, 0.1) is 0 Å². The summed E-state index contributed by atoms with van der Waals surface area (Å²) in [4.78, 5) is 10.7. The first kappa shape index (κ1) is 9.65. The van der Waals surface area contributed by atoms with Crippen LogP contribution in [0.2, 0.25) is 0 Å². The topological polar surface area (TPSA) is 29.0 Å². The maximum Gasteiger partial charge on any atom is 0.161 e. The van der Waals surface area contributed by atoms with Crippen molar-refractivity contribution in [2.75, 3.05) is 19.0 Å². The smallest absolute Gasteiger partial charge is 0.161 e. The second kappa shape index (κ2) is 4.09. The Morgan fingerprint density at radius 1 is 1.00 bits per heavy atom. The van der Waals surface area contributed by atoms with Crippen LogP contribution < -0.4 is 4.90 Å². The van der Waals surface area contributed by atoms with E-state index in [1.54, 1.807) is 6.20 Å². The van der Waals surface area contributed by atoms with Gasteiger partial charge in [-0.2, -0.15) is 0 Å². The van der Waals surface area contributed by atoms with Crippen molar-refractivity contribution in [1.29, 1.82) is 0 Å². The lowest BCUT2D eigenvalue weighted by Crippen LogP contribution is -2.11. The maximum absolute atomic E-state index is 4.46. The lowest BCUT2D eigenvalue weighted by molar-refractivity contribution is 1.04. The monoisotopic (exact) mass is 199 g/mol. The van der Waals surface area contributed by atoms with Crippen molar-refractivity contribution < 1.29 is 0 Å². The van der Waals surface area contributed by atoms with Crippen LogP contribution in [0.1, 0.15) is 0 Å². The summed E-state index contributed by atoms with van der Waals surface area (Å²) in [6.45, 7) is 0. The highest BCUT2D eigenvalue weighted by Crippen LogP contribution is 2.16.